The second kappa shape index (κ2) is 19.3. The molecular weight excluding hydrogens is 356 g/mol. The highest BCUT2D eigenvalue weighted by atomic mass is 16.4. The van der Waals surface area contributed by atoms with Gasteiger partial charge in [-0.1, -0.05) is 70.4 Å². The van der Waals surface area contributed by atoms with E-state index in [1.807, 2.05) is 0 Å². The number of ketones is 2. The quantitative estimate of drug-likeness (QED) is 0.162. The minimum absolute atomic E-state index is 0.216. The third kappa shape index (κ3) is 16.0. The molecule has 28 heavy (non-hydrogen) atoms. The smallest absolute Gasteiger partial charge is 0.171 e. The Hall–Kier alpha value is -1.04. The SMILES string of the molecule is CCCCCCCCC=CCCCCCCCC(=O)CC(=O)C(O)C(O)CO. The molecule has 0 spiro atoms. The minimum atomic E-state index is -1.68. The number of aliphatic hydroxyl groups excluding tert-OH is 3. The summed E-state index contributed by atoms with van der Waals surface area (Å²) in [5.74, 6) is -0.939. The zero-order valence-corrected chi connectivity index (χ0v) is 17.8. The van der Waals surface area contributed by atoms with Crippen LogP contribution in [0.15, 0.2) is 12.2 Å². The lowest BCUT2D eigenvalue weighted by Gasteiger charge is -2.13. The molecule has 0 aromatic heterocycles. The van der Waals surface area contributed by atoms with Gasteiger partial charge in [0, 0.05) is 6.42 Å². The van der Waals surface area contributed by atoms with Crippen LogP contribution in [0.4, 0.5) is 0 Å². The summed E-state index contributed by atoms with van der Waals surface area (Å²) in [7, 11) is 0. The highest BCUT2D eigenvalue weighted by Crippen LogP contribution is 2.11. The monoisotopic (exact) mass is 398 g/mol. The van der Waals surface area contributed by atoms with E-state index in [2.05, 4.69) is 19.1 Å². The van der Waals surface area contributed by atoms with Gasteiger partial charge >= 0.3 is 0 Å². The molecule has 0 saturated carbocycles. The molecule has 3 N–H and O–H groups in total. The van der Waals surface area contributed by atoms with E-state index in [0.29, 0.717) is 6.42 Å². The van der Waals surface area contributed by atoms with Crippen LogP contribution in [0.2, 0.25) is 0 Å². The van der Waals surface area contributed by atoms with Gasteiger partial charge in [-0.15, -0.1) is 0 Å². The average Bonchev–Trinajstić information content (AvgIpc) is 2.69. The van der Waals surface area contributed by atoms with Crippen LogP contribution in [-0.4, -0.2) is 45.7 Å². The van der Waals surface area contributed by atoms with Crippen LogP contribution in [0.1, 0.15) is 103 Å². The highest BCUT2D eigenvalue weighted by Gasteiger charge is 2.24. The van der Waals surface area contributed by atoms with Crippen molar-refractivity contribution in [2.24, 2.45) is 0 Å². The van der Waals surface area contributed by atoms with E-state index in [9.17, 15) is 19.8 Å². The molecule has 0 aromatic carbocycles. The summed E-state index contributed by atoms with van der Waals surface area (Å²) in [6, 6.07) is 0. The van der Waals surface area contributed by atoms with Crippen molar-refractivity contribution < 1.29 is 24.9 Å². The lowest BCUT2D eigenvalue weighted by Crippen LogP contribution is -2.37. The Morgan fingerprint density at radius 3 is 1.82 bits per heavy atom. The summed E-state index contributed by atoms with van der Waals surface area (Å²) in [5.41, 5.74) is 0. The molecular formula is C23H42O5. The molecule has 0 rings (SSSR count). The van der Waals surface area contributed by atoms with Crippen molar-refractivity contribution in [2.75, 3.05) is 6.61 Å². The predicted molar refractivity (Wildman–Crippen MR) is 113 cm³/mol. The fraction of sp³-hybridized carbons (Fsp3) is 0.826. The first kappa shape index (κ1) is 27.0. The first-order valence-corrected chi connectivity index (χ1v) is 11.2. The van der Waals surface area contributed by atoms with E-state index >= 15 is 0 Å². The van der Waals surface area contributed by atoms with Crippen molar-refractivity contribution in [3.63, 3.8) is 0 Å². The van der Waals surface area contributed by atoms with Crippen LogP contribution < -0.4 is 0 Å². The van der Waals surface area contributed by atoms with E-state index in [4.69, 9.17) is 5.11 Å². The Morgan fingerprint density at radius 2 is 1.29 bits per heavy atom. The van der Waals surface area contributed by atoms with Crippen LogP contribution in [0.5, 0.6) is 0 Å². The molecule has 0 radical (unpaired) electrons. The Kier molecular flexibility index (Phi) is 18.6. The Balaban J connectivity index is 3.46. The third-order valence-electron chi connectivity index (χ3n) is 4.97. The number of unbranched alkanes of at least 4 members (excludes halogenated alkanes) is 11. The number of carbonyl (C=O) groups excluding carboxylic acids is 2. The first-order valence-electron chi connectivity index (χ1n) is 11.2. The number of Topliss-reactive ketones (excluding diaryl/α,β-unsaturated/α-hetero) is 2. The normalized spacial score (nSPS) is 13.7. The van der Waals surface area contributed by atoms with Crippen molar-refractivity contribution >= 4 is 11.6 Å². The summed E-state index contributed by atoms with van der Waals surface area (Å²) in [5, 5.41) is 27.3. The fourth-order valence-corrected chi connectivity index (χ4v) is 3.09. The van der Waals surface area contributed by atoms with Gasteiger partial charge in [-0.3, -0.25) is 9.59 Å². The Morgan fingerprint density at radius 1 is 0.786 bits per heavy atom. The van der Waals surface area contributed by atoms with Gasteiger partial charge in [0.15, 0.2) is 5.78 Å². The van der Waals surface area contributed by atoms with E-state index in [1.54, 1.807) is 0 Å². The van der Waals surface area contributed by atoms with Gasteiger partial charge in [0.05, 0.1) is 13.0 Å². The van der Waals surface area contributed by atoms with Crippen molar-refractivity contribution in [1.82, 2.24) is 0 Å². The number of carbonyl (C=O) groups is 2. The topological polar surface area (TPSA) is 94.8 Å². The van der Waals surface area contributed by atoms with Gasteiger partial charge in [-0.2, -0.15) is 0 Å². The highest BCUT2D eigenvalue weighted by molar-refractivity contribution is 6.01. The van der Waals surface area contributed by atoms with Crippen molar-refractivity contribution in [1.29, 1.82) is 0 Å². The van der Waals surface area contributed by atoms with E-state index in [0.717, 1.165) is 32.1 Å². The molecule has 5 heteroatoms. The second-order valence-electron chi connectivity index (χ2n) is 7.71. The molecule has 0 aromatic rings. The lowest BCUT2D eigenvalue weighted by atomic mass is 10.0. The molecule has 2 atom stereocenters. The van der Waals surface area contributed by atoms with E-state index in [-0.39, 0.29) is 12.2 Å². The molecule has 0 aliphatic carbocycles. The predicted octanol–water partition coefficient (Wildman–Crippen LogP) is 4.27. The molecule has 164 valence electrons. The molecule has 5 nitrogen and oxygen atoms in total. The van der Waals surface area contributed by atoms with Crippen molar-refractivity contribution in [3.8, 4) is 0 Å². The number of hydrogen-bond donors (Lipinski definition) is 3. The van der Waals surface area contributed by atoms with Gasteiger partial charge in [0.2, 0.25) is 0 Å². The molecule has 0 saturated heterocycles. The maximum atomic E-state index is 11.7. The third-order valence-corrected chi connectivity index (χ3v) is 4.97. The summed E-state index contributed by atoms with van der Waals surface area (Å²) in [6.07, 6.45) is 16.8. The summed E-state index contributed by atoms with van der Waals surface area (Å²) >= 11 is 0. The zero-order chi connectivity index (χ0) is 21.0. The lowest BCUT2D eigenvalue weighted by molar-refractivity contribution is -0.138. The van der Waals surface area contributed by atoms with Crippen LogP contribution in [0.3, 0.4) is 0 Å². The van der Waals surface area contributed by atoms with Crippen LogP contribution in [0, 0.1) is 0 Å². The maximum absolute atomic E-state index is 11.7. The number of rotatable bonds is 20. The second-order valence-corrected chi connectivity index (χ2v) is 7.71. The number of hydrogen-bond acceptors (Lipinski definition) is 5. The van der Waals surface area contributed by atoms with Gasteiger partial charge in [0.25, 0.3) is 0 Å². The Labute approximate surface area is 171 Å². The van der Waals surface area contributed by atoms with Crippen molar-refractivity contribution in [3.05, 3.63) is 12.2 Å². The molecule has 0 aliphatic rings. The molecule has 0 fully saturated rings. The van der Waals surface area contributed by atoms with Gasteiger partial charge in [0.1, 0.15) is 18.0 Å². The first-order chi connectivity index (χ1) is 13.5. The molecule has 2 unspecified atom stereocenters. The standard InChI is InChI=1S/C23H42O5/c1-2-3-4-5-6-7-8-9-10-11-12-13-14-15-16-17-20(25)18-21(26)23(28)22(27)19-24/h9-10,22-24,27-28H,2-8,11-19H2,1H3. The average molecular weight is 399 g/mol. The summed E-state index contributed by atoms with van der Waals surface area (Å²) in [4.78, 5) is 23.3. The van der Waals surface area contributed by atoms with Crippen LogP contribution in [-0.2, 0) is 9.59 Å². The largest absolute Gasteiger partial charge is 0.394 e. The van der Waals surface area contributed by atoms with Gasteiger partial charge in [-0.25, -0.2) is 0 Å². The molecule has 0 heterocycles. The summed E-state index contributed by atoms with van der Waals surface area (Å²) < 4.78 is 0. The Bertz CT molecular complexity index is 419. The number of aliphatic hydroxyl groups is 3. The van der Waals surface area contributed by atoms with Crippen molar-refractivity contribution in [2.45, 2.75) is 115 Å². The minimum Gasteiger partial charge on any atom is -0.394 e. The fourth-order valence-electron chi connectivity index (χ4n) is 3.09. The molecule has 0 amide bonds. The maximum Gasteiger partial charge on any atom is 0.171 e. The zero-order valence-electron chi connectivity index (χ0n) is 17.8. The van der Waals surface area contributed by atoms with E-state index in [1.165, 1.54) is 51.4 Å². The molecule has 0 aliphatic heterocycles. The summed E-state index contributed by atoms with van der Waals surface area (Å²) in [6.45, 7) is 1.54. The molecule has 0 bridgehead atoms. The van der Waals surface area contributed by atoms with Gasteiger partial charge < -0.3 is 15.3 Å². The van der Waals surface area contributed by atoms with Crippen LogP contribution >= 0.6 is 0 Å². The number of allylic oxidation sites excluding steroid dienone is 2. The van der Waals surface area contributed by atoms with E-state index < -0.39 is 24.6 Å². The van der Waals surface area contributed by atoms with Crippen LogP contribution in [0.25, 0.3) is 0 Å². The van der Waals surface area contributed by atoms with Gasteiger partial charge in [-0.05, 0) is 32.1 Å².